The van der Waals surface area contributed by atoms with E-state index in [1.807, 2.05) is 18.2 Å². The third-order valence-corrected chi connectivity index (χ3v) is 2.42. The van der Waals surface area contributed by atoms with Gasteiger partial charge in [0.05, 0.1) is 17.6 Å². The number of para-hydroxylation sites is 2. The number of hydroxylamine groups is 1. The third-order valence-electron chi connectivity index (χ3n) is 2.42. The number of hydrogen-bond donors (Lipinski definition) is 2. The number of aromatic nitrogens is 2. The largest absolute Gasteiger partial charge is 0.327 e. The molecule has 0 saturated carbocycles. The van der Waals surface area contributed by atoms with Crippen LogP contribution >= 0.6 is 0 Å². The molecule has 0 aliphatic heterocycles. The van der Waals surface area contributed by atoms with Crippen LogP contribution in [0.2, 0.25) is 0 Å². The van der Waals surface area contributed by atoms with Gasteiger partial charge in [0.15, 0.2) is 0 Å². The number of imidazole rings is 1. The number of fused-ring (bicyclic) bond motifs is 1. The number of rotatable bonds is 4. The Morgan fingerprint density at radius 1 is 1.40 bits per heavy atom. The maximum atomic E-state index is 8.73. The van der Waals surface area contributed by atoms with Crippen molar-refractivity contribution in [2.45, 2.75) is 26.4 Å². The molecule has 4 heteroatoms. The van der Waals surface area contributed by atoms with Gasteiger partial charge in [0, 0.05) is 6.54 Å². The molecule has 1 heterocycles. The van der Waals surface area contributed by atoms with Crippen LogP contribution in [0, 0.1) is 0 Å². The van der Waals surface area contributed by atoms with Gasteiger partial charge >= 0.3 is 0 Å². The second-order valence-corrected chi connectivity index (χ2v) is 3.50. The third kappa shape index (κ3) is 1.86. The lowest BCUT2D eigenvalue weighted by molar-refractivity contribution is 0.157. The molecule has 0 radical (unpaired) electrons. The zero-order chi connectivity index (χ0) is 10.7. The van der Waals surface area contributed by atoms with Crippen LogP contribution in [0.25, 0.3) is 11.0 Å². The first-order valence-electron chi connectivity index (χ1n) is 5.18. The summed E-state index contributed by atoms with van der Waals surface area (Å²) in [5, 5.41) is 8.73. The van der Waals surface area contributed by atoms with Gasteiger partial charge in [0.2, 0.25) is 0 Å². The quantitative estimate of drug-likeness (QED) is 0.750. The normalized spacial score (nSPS) is 11.1. The van der Waals surface area contributed by atoms with E-state index in [2.05, 4.69) is 28.0 Å². The molecule has 0 amide bonds. The fourth-order valence-electron chi connectivity index (χ4n) is 1.80. The van der Waals surface area contributed by atoms with E-state index in [1.54, 1.807) is 0 Å². The van der Waals surface area contributed by atoms with E-state index in [4.69, 9.17) is 5.21 Å². The van der Waals surface area contributed by atoms with Crippen LogP contribution in [0.4, 0.5) is 0 Å². The minimum Gasteiger partial charge on any atom is -0.327 e. The lowest BCUT2D eigenvalue weighted by atomic mass is 10.3. The molecule has 2 N–H and O–H groups in total. The van der Waals surface area contributed by atoms with Crippen LogP contribution in [0.3, 0.4) is 0 Å². The summed E-state index contributed by atoms with van der Waals surface area (Å²) in [5.41, 5.74) is 4.27. The molecule has 0 spiro atoms. The van der Waals surface area contributed by atoms with Crippen molar-refractivity contribution >= 4 is 11.0 Å². The standard InChI is InChI=1S/C11H15N3O/c1-2-7-14-10-6-4-3-5-9(10)13-11(14)8-12-15/h3-6,12,15H,2,7-8H2,1H3. The minimum absolute atomic E-state index is 0.384. The van der Waals surface area contributed by atoms with Crippen molar-refractivity contribution in [1.29, 1.82) is 0 Å². The van der Waals surface area contributed by atoms with Gasteiger partial charge in [0.25, 0.3) is 0 Å². The summed E-state index contributed by atoms with van der Waals surface area (Å²) in [4.78, 5) is 4.46. The molecule has 0 unspecified atom stereocenters. The van der Waals surface area contributed by atoms with Crippen molar-refractivity contribution in [2.75, 3.05) is 0 Å². The first-order valence-corrected chi connectivity index (χ1v) is 5.18. The Labute approximate surface area is 88.5 Å². The summed E-state index contributed by atoms with van der Waals surface area (Å²) in [7, 11) is 0. The Balaban J connectivity index is 2.53. The maximum absolute atomic E-state index is 8.73. The SMILES string of the molecule is CCCn1c(CNO)nc2ccccc21. The van der Waals surface area contributed by atoms with Crippen LogP contribution in [-0.2, 0) is 13.1 Å². The van der Waals surface area contributed by atoms with E-state index < -0.39 is 0 Å². The minimum atomic E-state index is 0.384. The zero-order valence-electron chi connectivity index (χ0n) is 8.77. The Kier molecular flexibility index (Phi) is 2.99. The first-order chi connectivity index (χ1) is 7.36. The number of nitrogens with zero attached hydrogens (tertiary/aromatic N) is 2. The van der Waals surface area contributed by atoms with Crippen LogP contribution in [-0.4, -0.2) is 14.8 Å². The number of nitrogens with one attached hydrogen (secondary N) is 1. The Hall–Kier alpha value is -1.39. The zero-order valence-corrected chi connectivity index (χ0v) is 8.77. The highest BCUT2D eigenvalue weighted by Gasteiger charge is 2.08. The summed E-state index contributed by atoms with van der Waals surface area (Å²) in [5.74, 6) is 0.876. The highest BCUT2D eigenvalue weighted by atomic mass is 16.5. The summed E-state index contributed by atoms with van der Waals surface area (Å²) >= 11 is 0. The van der Waals surface area contributed by atoms with Gasteiger partial charge in [-0.2, -0.15) is 5.48 Å². The van der Waals surface area contributed by atoms with E-state index in [-0.39, 0.29) is 0 Å². The monoisotopic (exact) mass is 205 g/mol. The van der Waals surface area contributed by atoms with Gasteiger partial charge in [-0.05, 0) is 18.6 Å². The average molecular weight is 205 g/mol. The Morgan fingerprint density at radius 3 is 2.93 bits per heavy atom. The van der Waals surface area contributed by atoms with Crippen molar-refractivity contribution in [3.8, 4) is 0 Å². The van der Waals surface area contributed by atoms with Crippen molar-refractivity contribution < 1.29 is 5.21 Å². The molecular weight excluding hydrogens is 190 g/mol. The van der Waals surface area contributed by atoms with Crippen molar-refractivity contribution in [2.24, 2.45) is 0 Å². The maximum Gasteiger partial charge on any atom is 0.126 e. The summed E-state index contributed by atoms with van der Waals surface area (Å²) in [6, 6.07) is 8.02. The molecule has 0 aliphatic rings. The fourth-order valence-corrected chi connectivity index (χ4v) is 1.80. The molecule has 0 bridgehead atoms. The highest BCUT2D eigenvalue weighted by molar-refractivity contribution is 5.75. The smallest absolute Gasteiger partial charge is 0.126 e. The van der Waals surface area contributed by atoms with Gasteiger partial charge in [-0.3, -0.25) is 0 Å². The van der Waals surface area contributed by atoms with Gasteiger partial charge in [0.1, 0.15) is 5.82 Å². The van der Waals surface area contributed by atoms with Crippen molar-refractivity contribution in [3.05, 3.63) is 30.1 Å². The number of benzene rings is 1. The highest BCUT2D eigenvalue weighted by Crippen LogP contribution is 2.16. The second-order valence-electron chi connectivity index (χ2n) is 3.50. The van der Waals surface area contributed by atoms with Crippen LogP contribution in [0.15, 0.2) is 24.3 Å². The van der Waals surface area contributed by atoms with E-state index in [9.17, 15) is 0 Å². The molecule has 0 fully saturated rings. The second kappa shape index (κ2) is 4.42. The van der Waals surface area contributed by atoms with Crippen molar-refractivity contribution in [1.82, 2.24) is 15.0 Å². The fraction of sp³-hybridized carbons (Fsp3) is 0.364. The van der Waals surface area contributed by atoms with E-state index >= 15 is 0 Å². The molecule has 2 aromatic rings. The van der Waals surface area contributed by atoms with Crippen molar-refractivity contribution in [3.63, 3.8) is 0 Å². The van der Waals surface area contributed by atoms with Crippen LogP contribution in [0.5, 0.6) is 0 Å². The average Bonchev–Trinajstić information content (AvgIpc) is 2.59. The predicted molar refractivity (Wildman–Crippen MR) is 58.7 cm³/mol. The first kappa shape index (κ1) is 10.1. The predicted octanol–water partition coefficient (Wildman–Crippen LogP) is 1.93. The van der Waals surface area contributed by atoms with Crippen LogP contribution in [0.1, 0.15) is 19.2 Å². The molecule has 2 rings (SSSR count). The summed E-state index contributed by atoms with van der Waals surface area (Å²) in [6.45, 7) is 3.44. The van der Waals surface area contributed by atoms with Gasteiger partial charge in [-0.15, -0.1) is 0 Å². The molecule has 0 atom stereocenters. The van der Waals surface area contributed by atoms with E-state index in [0.29, 0.717) is 6.54 Å². The topological polar surface area (TPSA) is 50.1 Å². The molecule has 1 aromatic heterocycles. The van der Waals surface area contributed by atoms with E-state index in [0.717, 1.165) is 29.8 Å². The van der Waals surface area contributed by atoms with Gasteiger partial charge in [-0.25, -0.2) is 4.98 Å². The molecule has 0 aliphatic carbocycles. The van der Waals surface area contributed by atoms with Crippen LogP contribution < -0.4 is 5.48 Å². The molecule has 80 valence electrons. The Morgan fingerprint density at radius 2 is 2.20 bits per heavy atom. The molecule has 1 aromatic carbocycles. The molecule has 0 saturated heterocycles. The summed E-state index contributed by atoms with van der Waals surface area (Å²) < 4.78 is 2.14. The molecular formula is C11H15N3O. The lowest BCUT2D eigenvalue weighted by Gasteiger charge is -2.06. The van der Waals surface area contributed by atoms with E-state index in [1.165, 1.54) is 0 Å². The Bertz CT molecular complexity index is 450. The number of hydrogen-bond acceptors (Lipinski definition) is 3. The number of aryl methyl sites for hydroxylation is 1. The summed E-state index contributed by atoms with van der Waals surface area (Å²) in [6.07, 6.45) is 1.05. The molecule has 15 heavy (non-hydrogen) atoms. The van der Waals surface area contributed by atoms with Gasteiger partial charge < -0.3 is 9.77 Å². The van der Waals surface area contributed by atoms with Gasteiger partial charge in [-0.1, -0.05) is 19.1 Å². The lowest BCUT2D eigenvalue weighted by Crippen LogP contribution is -2.12. The molecule has 4 nitrogen and oxygen atoms in total.